The molecule has 0 unspecified atom stereocenters. The summed E-state index contributed by atoms with van der Waals surface area (Å²) in [6.45, 7) is 4.05. The molecule has 0 spiro atoms. The second kappa shape index (κ2) is 8.22. The molecule has 2 aromatic heterocycles. The zero-order chi connectivity index (χ0) is 26.8. The summed E-state index contributed by atoms with van der Waals surface area (Å²) < 4.78 is 49.3. The first-order valence-electron chi connectivity index (χ1n) is 11.2. The van der Waals surface area contributed by atoms with E-state index in [2.05, 4.69) is 31.2 Å². The first-order valence-corrected chi connectivity index (χ1v) is 12.1. The van der Waals surface area contributed by atoms with Crippen molar-refractivity contribution in [3.05, 3.63) is 48.0 Å². The lowest BCUT2D eigenvalue weighted by atomic mass is 9.83. The number of benzene rings is 1. The van der Waals surface area contributed by atoms with Crippen molar-refractivity contribution < 1.29 is 23.0 Å². The van der Waals surface area contributed by atoms with Gasteiger partial charge < -0.3 is 20.9 Å². The Bertz CT molecular complexity index is 1490. The van der Waals surface area contributed by atoms with Gasteiger partial charge in [0.05, 0.1) is 28.8 Å². The molecule has 5 rings (SSSR count). The third-order valence-corrected chi connectivity index (χ3v) is 8.41. The quantitative estimate of drug-likeness (QED) is 0.412. The van der Waals surface area contributed by atoms with Gasteiger partial charge in [-0.3, -0.25) is 4.99 Å². The minimum atomic E-state index is -3.35. The highest BCUT2D eigenvalue weighted by Crippen LogP contribution is 2.77. The molecule has 1 aliphatic heterocycles. The van der Waals surface area contributed by atoms with Crippen molar-refractivity contribution in [3.63, 3.8) is 0 Å². The smallest absolute Gasteiger partial charge is 0.273 e. The number of amidine groups is 1. The molecule has 1 aliphatic carbocycles. The van der Waals surface area contributed by atoms with Gasteiger partial charge in [0.1, 0.15) is 16.1 Å². The second-order valence-electron chi connectivity index (χ2n) is 9.60. The predicted octanol–water partition coefficient (Wildman–Crippen LogP) is 3.97. The number of nitrogens with two attached hydrogens (primary N) is 1. The summed E-state index contributed by atoms with van der Waals surface area (Å²) in [5.41, 5.74) is 3.56. The van der Waals surface area contributed by atoms with E-state index in [-0.39, 0.29) is 23.2 Å². The zero-order valence-corrected chi connectivity index (χ0v) is 20.9. The zero-order valence-electron chi connectivity index (χ0n) is 20.1. The normalized spacial score (nSPS) is 26.1. The molecular formula is C25H23F3N6O2S. The van der Waals surface area contributed by atoms with Gasteiger partial charge in [0.2, 0.25) is 5.88 Å². The summed E-state index contributed by atoms with van der Waals surface area (Å²) in [6.07, 6.45) is 8.10. The van der Waals surface area contributed by atoms with E-state index in [1.807, 2.05) is 0 Å². The molecule has 0 bridgehead atoms. The van der Waals surface area contributed by atoms with Crippen LogP contribution in [0, 0.1) is 24.1 Å². The first kappa shape index (κ1) is 25.1. The fourth-order valence-corrected chi connectivity index (χ4v) is 6.68. The standard InChI is InChI=1S/C25H23F3N6O2S/c1-5-10-36-17-12-31-18-16(33-17)8-9-30-19(18)32-13-6-7-15(26)14(11-13)23(4)20-24(22(2,3)35,25(20,27)28)37-21(29)34-23/h1,6-9,11-12,20,35H,10H2,2-4H3,(H2,29,34)(H,30,32)/t20-,23+,24-/m0/s1. The van der Waals surface area contributed by atoms with Crippen molar-refractivity contribution >= 4 is 39.5 Å². The highest BCUT2D eigenvalue weighted by atomic mass is 32.2. The first-order chi connectivity index (χ1) is 17.3. The lowest BCUT2D eigenvalue weighted by Crippen LogP contribution is -2.47. The fraction of sp³-hybridized carbons (Fsp3) is 0.360. The Labute approximate surface area is 215 Å². The minimum Gasteiger partial charge on any atom is -0.463 e. The van der Waals surface area contributed by atoms with Gasteiger partial charge >= 0.3 is 0 Å². The van der Waals surface area contributed by atoms with Gasteiger partial charge in [-0.2, -0.15) is 0 Å². The van der Waals surface area contributed by atoms with E-state index >= 15 is 13.2 Å². The molecular weight excluding hydrogens is 505 g/mol. The minimum absolute atomic E-state index is 0.0355. The Morgan fingerprint density at radius 2 is 2.05 bits per heavy atom. The molecule has 1 fully saturated rings. The summed E-state index contributed by atoms with van der Waals surface area (Å²) in [6, 6.07) is 5.63. The van der Waals surface area contributed by atoms with Crippen LogP contribution in [-0.2, 0) is 5.54 Å². The van der Waals surface area contributed by atoms with Gasteiger partial charge in [-0.15, -0.1) is 6.42 Å². The molecule has 0 saturated heterocycles. The molecule has 1 aromatic carbocycles. The van der Waals surface area contributed by atoms with Crippen molar-refractivity contribution in [2.45, 2.75) is 42.6 Å². The highest BCUT2D eigenvalue weighted by molar-refractivity contribution is 8.15. The summed E-state index contributed by atoms with van der Waals surface area (Å²) in [7, 11) is 0. The molecule has 4 N–H and O–H groups in total. The van der Waals surface area contributed by atoms with Gasteiger partial charge in [0, 0.05) is 17.4 Å². The summed E-state index contributed by atoms with van der Waals surface area (Å²) in [5, 5.41) is 13.6. The van der Waals surface area contributed by atoms with Crippen molar-refractivity contribution in [3.8, 4) is 18.2 Å². The number of aromatic nitrogens is 3. The van der Waals surface area contributed by atoms with Gasteiger partial charge in [0.25, 0.3) is 5.92 Å². The Balaban J connectivity index is 1.54. The third kappa shape index (κ3) is 3.67. The number of ether oxygens (including phenoxy) is 1. The van der Waals surface area contributed by atoms with E-state index < -0.39 is 33.5 Å². The van der Waals surface area contributed by atoms with Crippen LogP contribution in [0.5, 0.6) is 5.88 Å². The third-order valence-electron chi connectivity index (χ3n) is 6.78. The number of nitrogens with one attached hydrogen (secondary N) is 1. The predicted molar refractivity (Wildman–Crippen MR) is 135 cm³/mol. The van der Waals surface area contributed by atoms with Crippen LogP contribution in [0.2, 0.25) is 0 Å². The number of hydrogen-bond acceptors (Lipinski definition) is 9. The molecule has 0 radical (unpaired) electrons. The lowest BCUT2D eigenvalue weighted by molar-refractivity contribution is 0.0124. The molecule has 192 valence electrons. The van der Waals surface area contributed by atoms with Crippen LogP contribution >= 0.6 is 11.8 Å². The lowest BCUT2D eigenvalue weighted by Gasteiger charge is -2.37. The number of anilines is 2. The van der Waals surface area contributed by atoms with Crippen LogP contribution in [0.4, 0.5) is 24.7 Å². The molecule has 12 heteroatoms. The average Bonchev–Trinajstić information content (AvgIpc) is 3.36. The summed E-state index contributed by atoms with van der Waals surface area (Å²) in [4.78, 5) is 17.3. The van der Waals surface area contributed by atoms with Crippen LogP contribution in [0.25, 0.3) is 11.0 Å². The van der Waals surface area contributed by atoms with Gasteiger partial charge in [-0.1, -0.05) is 17.7 Å². The number of nitrogens with zero attached hydrogens (tertiary/aromatic N) is 4. The SMILES string of the molecule is C#CCOc1cnc2c(Nc3ccc(F)c([C@@]4(C)N=C(N)S[C@]5(C(C)(C)O)[C@H]4C5(F)F)c3)nccc2n1. The monoisotopic (exact) mass is 528 g/mol. The number of thioether (sulfide) groups is 1. The van der Waals surface area contributed by atoms with Crippen LogP contribution < -0.4 is 15.8 Å². The topological polar surface area (TPSA) is 119 Å². The number of halogens is 3. The molecule has 3 atom stereocenters. The number of aliphatic imine (C=N–C) groups is 1. The van der Waals surface area contributed by atoms with Crippen molar-refractivity contribution in [2.24, 2.45) is 16.6 Å². The second-order valence-corrected chi connectivity index (χ2v) is 10.9. The Kier molecular flexibility index (Phi) is 5.58. The van der Waals surface area contributed by atoms with Crippen molar-refractivity contribution in [2.75, 3.05) is 11.9 Å². The van der Waals surface area contributed by atoms with E-state index in [9.17, 15) is 5.11 Å². The number of pyridine rings is 1. The number of hydrogen-bond donors (Lipinski definition) is 3. The van der Waals surface area contributed by atoms with E-state index in [4.69, 9.17) is 16.9 Å². The highest BCUT2D eigenvalue weighted by Gasteiger charge is 2.91. The van der Waals surface area contributed by atoms with Gasteiger partial charge in [-0.05, 0) is 45.0 Å². The van der Waals surface area contributed by atoms with Gasteiger partial charge in [0.15, 0.2) is 17.6 Å². The molecule has 3 aromatic rings. The van der Waals surface area contributed by atoms with E-state index in [0.717, 1.165) is 6.07 Å². The Morgan fingerprint density at radius 1 is 1.30 bits per heavy atom. The maximum atomic E-state index is 15.4. The molecule has 2 aliphatic rings. The number of rotatable bonds is 6. The number of fused-ring (bicyclic) bond motifs is 2. The number of aliphatic hydroxyl groups is 1. The van der Waals surface area contributed by atoms with E-state index in [0.29, 0.717) is 34.3 Å². The van der Waals surface area contributed by atoms with E-state index in [1.54, 1.807) is 6.07 Å². The average molecular weight is 529 g/mol. The van der Waals surface area contributed by atoms with Gasteiger partial charge in [-0.25, -0.2) is 28.1 Å². The Morgan fingerprint density at radius 3 is 2.76 bits per heavy atom. The molecule has 8 nitrogen and oxygen atoms in total. The van der Waals surface area contributed by atoms with Crippen LogP contribution in [-0.4, -0.2) is 48.1 Å². The number of alkyl halides is 2. The van der Waals surface area contributed by atoms with Crippen molar-refractivity contribution in [1.82, 2.24) is 15.0 Å². The molecule has 3 heterocycles. The maximum absolute atomic E-state index is 15.4. The fourth-order valence-electron chi connectivity index (χ4n) is 5.17. The molecule has 37 heavy (non-hydrogen) atoms. The van der Waals surface area contributed by atoms with Crippen LogP contribution in [0.15, 0.2) is 41.7 Å². The molecule has 1 saturated carbocycles. The Hall–Kier alpha value is -3.56. The largest absolute Gasteiger partial charge is 0.463 e. The van der Waals surface area contributed by atoms with Crippen LogP contribution in [0.1, 0.15) is 26.3 Å². The molecule has 0 amide bonds. The maximum Gasteiger partial charge on any atom is 0.273 e. The summed E-state index contributed by atoms with van der Waals surface area (Å²) >= 11 is 0.637. The number of terminal acetylenes is 1. The van der Waals surface area contributed by atoms with Crippen LogP contribution in [0.3, 0.4) is 0 Å². The van der Waals surface area contributed by atoms with E-state index in [1.165, 1.54) is 45.3 Å². The van der Waals surface area contributed by atoms with Crippen molar-refractivity contribution in [1.29, 1.82) is 0 Å². The summed E-state index contributed by atoms with van der Waals surface area (Å²) in [5.74, 6) is -2.67.